The number of hydrogen-bond donors (Lipinski definition) is 2. The van der Waals surface area contributed by atoms with Gasteiger partial charge in [0.05, 0.1) is 19.2 Å². The van der Waals surface area contributed by atoms with Crippen LogP contribution in [0.2, 0.25) is 0 Å². The van der Waals surface area contributed by atoms with Crippen molar-refractivity contribution in [2.45, 2.75) is 19.0 Å². The lowest BCUT2D eigenvalue weighted by atomic mass is 9.98. The Hall–Kier alpha value is -1.04. The molecule has 100 valence electrons. The summed E-state index contributed by atoms with van der Waals surface area (Å²) in [5, 5.41) is 10.9. The lowest BCUT2D eigenvalue weighted by molar-refractivity contribution is 0.169. The second-order valence-corrected chi connectivity index (χ2v) is 6.21. The molecule has 2 N–H and O–H groups in total. The summed E-state index contributed by atoms with van der Waals surface area (Å²) in [4.78, 5) is 5.60. The third-order valence-corrected chi connectivity index (χ3v) is 5.05. The third kappa shape index (κ3) is 2.16. The molecule has 5 heteroatoms. The molecular weight excluding hydrogens is 276 g/mol. The average molecular weight is 292 g/mol. The van der Waals surface area contributed by atoms with Gasteiger partial charge in [-0.25, -0.2) is 0 Å². The van der Waals surface area contributed by atoms with Crippen LogP contribution < -0.4 is 0 Å². The molecule has 3 rings (SSSR count). The lowest BCUT2D eigenvalue weighted by Gasteiger charge is -2.35. The second kappa shape index (κ2) is 5.15. The number of H-pyrrole nitrogens is 1. The van der Waals surface area contributed by atoms with Crippen LogP contribution in [0.4, 0.5) is 0 Å². The zero-order valence-corrected chi connectivity index (χ0v) is 12.4. The van der Waals surface area contributed by atoms with E-state index in [1.54, 1.807) is 11.8 Å². The van der Waals surface area contributed by atoms with E-state index in [9.17, 15) is 5.11 Å². The number of rotatable bonds is 1. The molecule has 0 radical (unpaired) electrons. The van der Waals surface area contributed by atoms with Gasteiger partial charge in [0.25, 0.3) is 0 Å². The predicted octanol–water partition coefficient (Wildman–Crippen LogP) is 2.53. The van der Waals surface area contributed by atoms with E-state index < -0.39 is 0 Å². The molecule has 0 fully saturated rings. The van der Waals surface area contributed by atoms with Crippen molar-refractivity contribution in [3.63, 3.8) is 0 Å². The highest BCUT2D eigenvalue weighted by Crippen LogP contribution is 2.31. The topological polar surface area (TPSA) is 39.3 Å². The first-order chi connectivity index (χ1) is 9.24. The monoisotopic (exact) mass is 292 g/mol. The van der Waals surface area contributed by atoms with Gasteiger partial charge in [-0.2, -0.15) is 0 Å². The van der Waals surface area contributed by atoms with E-state index in [1.165, 1.54) is 22.2 Å². The minimum absolute atomic E-state index is 0.0895. The Morgan fingerprint density at radius 1 is 1.53 bits per heavy atom. The van der Waals surface area contributed by atoms with Crippen molar-refractivity contribution < 1.29 is 5.11 Å². The summed E-state index contributed by atoms with van der Waals surface area (Å²) in [6.45, 7) is 0.897. The summed E-state index contributed by atoms with van der Waals surface area (Å²) in [5.74, 6) is 0. The number of para-hydroxylation sites is 1. The zero-order chi connectivity index (χ0) is 13.4. The molecule has 1 atom stereocenters. The van der Waals surface area contributed by atoms with Gasteiger partial charge in [-0.1, -0.05) is 30.4 Å². The van der Waals surface area contributed by atoms with E-state index in [1.807, 2.05) is 12.3 Å². The Morgan fingerprint density at radius 3 is 3.05 bits per heavy atom. The van der Waals surface area contributed by atoms with E-state index in [0.717, 1.165) is 17.3 Å². The number of aromatic amines is 1. The smallest absolute Gasteiger partial charge is 0.136 e. The van der Waals surface area contributed by atoms with Gasteiger partial charge >= 0.3 is 0 Å². The summed E-state index contributed by atoms with van der Waals surface area (Å²) in [5.41, 5.74) is 3.72. The van der Waals surface area contributed by atoms with Gasteiger partial charge in [-0.05, 0) is 24.3 Å². The molecule has 1 aromatic carbocycles. The fraction of sp³-hybridized carbons (Fsp3) is 0.357. The highest BCUT2D eigenvalue weighted by molar-refractivity contribution is 8.22. The summed E-state index contributed by atoms with van der Waals surface area (Å²) >= 11 is 6.96. The van der Waals surface area contributed by atoms with Crippen LogP contribution in [0.1, 0.15) is 11.3 Å². The molecule has 19 heavy (non-hydrogen) atoms. The van der Waals surface area contributed by atoms with E-state index in [-0.39, 0.29) is 12.6 Å². The SMILES string of the molecule is CSC(=S)N1Cc2[nH]c3ccccc3c2CC1CO. The maximum absolute atomic E-state index is 9.62. The Kier molecular flexibility index (Phi) is 3.52. The van der Waals surface area contributed by atoms with Crippen molar-refractivity contribution in [3.8, 4) is 0 Å². The quantitative estimate of drug-likeness (QED) is 0.792. The van der Waals surface area contributed by atoms with Gasteiger partial charge < -0.3 is 15.0 Å². The van der Waals surface area contributed by atoms with Crippen LogP contribution in [0.5, 0.6) is 0 Å². The number of nitrogens with zero attached hydrogens (tertiary/aromatic N) is 1. The fourth-order valence-corrected chi connectivity index (χ4v) is 3.42. The Labute approximate surface area is 122 Å². The molecule has 1 aliphatic heterocycles. The zero-order valence-electron chi connectivity index (χ0n) is 10.7. The number of fused-ring (bicyclic) bond motifs is 3. The molecule has 0 aliphatic carbocycles. The molecule has 0 saturated heterocycles. The van der Waals surface area contributed by atoms with Gasteiger partial charge in [0, 0.05) is 16.6 Å². The van der Waals surface area contributed by atoms with Crippen LogP contribution in [0.15, 0.2) is 24.3 Å². The number of benzene rings is 1. The minimum atomic E-state index is 0.0895. The first-order valence-corrected chi connectivity index (χ1v) is 7.91. The van der Waals surface area contributed by atoms with Crippen molar-refractivity contribution in [2.75, 3.05) is 12.9 Å². The maximum atomic E-state index is 9.62. The number of nitrogens with one attached hydrogen (secondary N) is 1. The van der Waals surface area contributed by atoms with Crippen molar-refractivity contribution in [2.24, 2.45) is 0 Å². The molecule has 2 aromatic rings. The number of aliphatic hydroxyl groups is 1. The van der Waals surface area contributed by atoms with Gasteiger partial charge in [-0.3, -0.25) is 0 Å². The van der Waals surface area contributed by atoms with Crippen LogP contribution in [-0.4, -0.2) is 38.2 Å². The van der Waals surface area contributed by atoms with Crippen LogP contribution >= 0.6 is 24.0 Å². The van der Waals surface area contributed by atoms with Crippen LogP contribution in [-0.2, 0) is 13.0 Å². The molecule has 2 heterocycles. The molecule has 1 aliphatic rings. The fourth-order valence-electron chi connectivity index (χ4n) is 2.76. The minimum Gasteiger partial charge on any atom is -0.394 e. The van der Waals surface area contributed by atoms with Crippen LogP contribution in [0.25, 0.3) is 10.9 Å². The van der Waals surface area contributed by atoms with E-state index in [0.29, 0.717) is 0 Å². The number of hydrogen-bond acceptors (Lipinski definition) is 3. The largest absolute Gasteiger partial charge is 0.394 e. The van der Waals surface area contributed by atoms with Gasteiger partial charge in [-0.15, -0.1) is 11.8 Å². The van der Waals surface area contributed by atoms with Crippen molar-refractivity contribution in [1.29, 1.82) is 0 Å². The number of thiocarbonyl (C=S) groups is 1. The van der Waals surface area contributed by atoms with E-state index >= 15 is 0 Å². The summed E-state index contributed by atoms with van der Waals surface area (Å²) in [7, 11) is 0. The molecule has 3 nitrogen and oxygen atoms in total. The summed E-state index contributed by atoms with van der Waals surface area (Å²) in [6.07, 6.45) is 2.83. The Bertz CT molecular complexity index is 623. The molecule has 0 saturated carbocycles. The van der Waals surface area contributed by atoms with Gasteiger partial charge in [0.2, 0.25) is 0 Å². The standard InChI is InChI=1S/C14H16N2OS2/c1-19-14(18)16-7-13-11(6-9(16)8-17)10-4-2-3-5-12(10)15-13/h2-5,9,15,17H,6-8H2,1H3. The first kappa shape index (κ1) is 13.0. The maximum Gasteiger partial charge on any atom is 0.136 e. The molecule has 1 aromatic heterocycles. The number of aromatic nitrogens is 1. The lowest BCUT2D eigenvalue weighted by Crippen LogP contribution is -2.44. The average Bonchev–Trinajstić information content (AvgIpc) is 2.82. The third-order valence-electron chi connectivity index (χ3n) is 3.73. The second-order valence-electron chi connectivity index (χ2n) is 4.77. The highest BCUT2D eigenvalue weighted by atomic mass is 32.2. The number of thioether (sulfide) groups is 1. The predicted molar refractivity (Wildman–Crippen MR) is 84.5 cm³/mol. The van der Waals surface area contributed by atoms with Crippen molar-refractivity contribution >= 4 is 39.2 Å². The van der Waals surface area contributed by atoms with E-state index in [4.69, 9.17) is 12.2 Å². The van der Waals surface area contributed by atoms with Gasteiger partial charge in [0.1, 0.15) is 4.32 Å². The summed E-state index contributed by atoms with van der Waals surface area (Å²) in [6, 6.07) is 8.42. The van der Waals surface area contributed by atoms with Crippen molar-refractivity contribution in [1.82, 2.24) is 9.88 Å². The van der Waals surface area contributed by atoms with Crippen LogP contribution in [0.3, 0.4) is 0 Å². The first-order valence-electron chi connectivity index (χ1n) is 6.28. The summed E-state index contributed by atoms with van der Waals surface area (Å²) < 4.78 is 0.850. The van der Waals surface area contributed by atoms with Crippen molar-refractivity contribution in [3.05, 3.63) is 35.5 Å². The Morgan fingerprint density at radius 2 is 2.32 bits per heavy atom. The number of aliphatic hydroxyl groups excluding tert-OH is 1. The Balaban J connectivity index is 2.05. The van der Waals surface area contributed by atoms with Gasteiger partial charge in [0.15, 0.2) is 0 Å². The van der Waals surface area contributed by atoms with E-state index in [2.05, 4.69) is 28.1 Å². The molecule has 0 amide bonds. The van der Waals surface area contributed by atoms with Crippen LogP contribution in [0, 0.1) is 0 Å². The highest BCUT2D eigenvalue weighted by Gasteiger charge is 2.29. The normalized spacial score (nSPS) is 18.6. The molecular formula is C14H16N2OS2. The molecule has 0 bridgehead atoms. The molecule has 1 unspecified atom stereocenters. The molecule has 0 spiro atoms.